The van der Waals surface area contributed by atoms with Gasteiger partial charge in [0.2, 0.25) is 0 Å². The summed E-state index contributed by atoms with van der Waals surface area (Å²) in [6.07, 6.45) is 0.610. The lowest BCUT2D eigenvalue weighted by Crippen LogP contribution is -1.98. The first-order chi connectivity index (χ1) is 6.15. The van der Waals surface area contributed by atoms with E-state index in [0.717, 1.165) is 0 Å². The Labute approximate surface area is 88.3 Å². The molecule has 0 aliphatic carbocycles. The SMILES string of the molecule is O=CCS(=O)c1ccc(Cl)c(Cl)c1. The van der Waals surface area contributed by atoms with Crippen molar-refractivity contribution in [3.8, 4) is 0 Å². The average Bonchev–Trinajstić information content (AvgIpc) is 2.10. The molecule has 0 aliphatic rings. The molecule has 1 aromatic rings. The lowest BCUT2D eigenvalue weighted by Gasteiger charge is -1.99. The Balaban J connectivity index is 2.96. The molecule has 0 spiro atoms. The molecule has 0 bridgehead atoms. The Bertz CT molecular complexity index is 352. The number of aldehydes is 1. The van der Waals surface area contributed by atoms with E-state index in [0.29, 0.717) is 21.2 Å². The maximum atomic E-state index is 11.3. The molecule has 1 unspecified atom stereocenters. The fourth-order valence-corrected chi connectivity index (χ4v) is 1.92. The van der Waals surface area contributed by atoms with E-state index in [1.807, 2.05) is 0 Å². The van der Waals surface area contributed by atoms with Gasteiger partial charge in [-0.1, -0.05) is 23.2 Å². The Hall–Kier alpha value is -0.380. The predicted octanol–water partition coefficient (Wildman–Crippen LogP) is 2.30. The Morgan fingerprint density at radius 1 is 1.31 bits per heavy atom. The van der Waals surface area contributed by atoms with Gasteiger partial charge < -0.3 is 4.79 Å². The Morgan fingerprint density at radius 3 is 2.54 bits per heavy atom. The molecule has 0 saturated heterocycles. The van der Waals surface area contributed by atoms with Crippen LogP contribution in [0.4, 0.5) is 0 Å². The van der Waals surface area contributed by atoms with E-state index in [1.54, 1.807) is 12.1 Å². The van der Waals surface area contributed by atoms with Gasteiger partial charge in [-0.05, 0) is 18.2 Å². The first kappa shape index (κ1) is 10.7. The van der Waals surface area contributed by atoms with Gasteiger partial charge in [0.1, 0.15) is 6.29 Å². The smallest absolute Gasteiger partial charge is 0.132 e. The van der Waals surface area contributed by atoms with E-state index >= 15 is 0 Å². The van der Waals surface area contributed by atoms with Crippen molar-refractivity contribution in [1.29, 1.82) is 0 Å². The Kier molecular flexibility index (Phi) is 3.90. The van der Waals surface area contributed by atoms with Crippen LogP contribution in [-0.4, -0.2) is 16.2 Å². The van der Waals surface area contributed by atoms with Crippen LogP contribution < -0.4 is 0 Å². The summed E-state index contributed by atoms with van der Waals surface area (Å²) in [5, 5.41) is 0.756. The van der Waals surface area contributed by atoms with Crippen LogP contribution in [0.2, 0.25) is 10.0 Å². The fraction of sp³-hybridized carbons (Fsp3) is 0.125. The van der Waals surface area contributed by atoms with Gasteiger partial charge in [-0.2, -0.15) is 0 Å². The summed E-state index contributed by atoms with van der Waals surface area (Å²) in [5.74, 6) is -0.0159. The Morgan fingerprint density at radius 2 is 2.00 bits per heavy atom. The number of hydrogen-bond donors (Lipinski definition) is 0. The molecule has 0 saturated carbocycles. The van der Waals surface area contributed by atoms with Gasteiger partial charge in [0.25, 0.3) is 0 Å². The summed E-state index contributed by atoms with van der Waals surface area (Å²) in [6.45, 7) is 0. The molecule has 0 radical (unpaired) electrons. The maximum Gasteiger partial charge on any atom is 0.132 e. The van der Waals surface area contributed by atoms with E-state index in [4.69, 9.17) is 23.2 Å². The third-order valence-electron chi connectivity index (χ3n) is 1.37. The van der Waals surface area contributed by atoms with Gasteiger partial charge in [0, 0.05) is 4.90 Å². The largest absolute Gasteiger partial charge is 0.302 e. The number of rotatable bonds is 3. The molecule has 0 fully saturated rings. The van der Waals surface area contributed by atoms with Crippen LogP contribution in [-0.2, 0) is 15.6 Å². The van der Waals surface area contributed by atoms with E-state index in [9.17, 15) is 9.00 Å². The van der Waals surface area contributed by atoms with Gasteiger partial charge in [0.15, 0.2) is 0 Å². The minimum absolute atomic E-state index is 0.0159. The molecule has 2 nitrogen and oxygen atoms in total. The van der Waals surface area contributed by atoms with Crippen LogP contribution in [0.3, 0.4) is 0 Å². The second kappa shape index (κ2) is 4.74. The lowest BCUT2D eigenvalue weighted by molar-refractivity contribution is -0.105. The molecule has 0 amide bonds. The van der Waals surface area contributed by atoms with Crippen LogP contribution in [0.1, 0.15) is 0 Å². The topological polar surface area (TPSA) is 34.1 Å². The van der Waals surface area contributed by atoms with Crippen LogP contribution in [0.5, 0.6) is 0 Å². The number of halogens is 2. The van der Waals surface area contributed by atoms with Crippen LogP contribution in [0, 0.1) is 0 Å². The summed E-state index contributed by atoms with van der Waals surface area (Å²) >= 11 is 11.4. The first-order valence-electron chi connectivity index (χ1n) is 3.42. The average molecular weight is 237 g/mol. The van der Waals surface area contributed by atoms with Crippen molar-refractivity contribution in [2.45, 2.75) is 4.90 Å². The summed E-state index contributed by atoms with van der Waals surface area (Å²) in [5.41, 5.74) is 0. The van der Waals surface area contributed by atoms with Crippen LogP contribution in [0.15, 0.2) is 23.1 Å². The fourth-order valence-electron chi connectivity index (χ4n) is 0.776. The van der Waals surface area contributed by atoms with E-state index in [-0.39, 0.29) is 5.75 Å². The minimum atomic E-state index is -1.31. The van der Waals surface area contributed by atoms with Crippen molar-refractivity contribution in [2.24, 2.45) is 0 Å². The van der Waals surface area contributed by atoms with Crippen molar-refractivity contribution in [2.75, 3.05) is 5.75 Å². The minimum Gasteiger partial charge on any atom is -0.302 e. The summed E-state index contributed by atoms with van der Waals surface area (Å²) in [6, 6.07) is 4.65. The van der Waals surface area contributed by atoms with Crippen molar-refractivity contribution < 1.29 is 9.00 Å². The van der Waals surface area contributed by atoms with Gasteiger partial charge in [-0.15, -0.1) is 0 Å². The van der Waals surface area contributed by atoms with Crippen LogP contribution in [0.25, 0.3) is 0 Å². The van der Waals surface area contributed by atoms with Gasteiger partial charge in [0.05, 0.1) is 26.6 Å². The summed E-state index contributed by atoms with van der Waals surface area (Å²) in [4.78, 5) is 10.6. The maximum absolute atomic E-state index is 11.3. The van der Waals surface area contributed by atoms with E-state index in [1.165, 1.54) is 6.07 Å². The third-order valence-corrected chi connectivity index (χ3v) is 3.33. The number of hydrogen-bond acceptors (Lipinski definition) is 2. The highest BCUT2D eigenvalue weighted by Gasteiger charge is 2.05. The van der Waals surface area contributed by atoms with Crippen LogP contribution >= 0.6 is 23.2 Å². The van der Waals surface area contributed by atoms with Crippen molar-refractivity contribution >= 4 is 40.3 Å². The van der Waals surface area contributed by atoms with Gasteiger partial charge in [-0.3, -0.25) is 4.21 Å². The second-order valence-electron chi connectivity index (χ2n) is 2.25. The highest BCUT2D eigenvalue weighted by molar-refractivity contribution is 7.85. The molecular formula is C8H6Cl2O2S. The molecule has 1 atom stereocenters. The molecule has 70 valence electrons. The summed E-state index contributed by atoms with van der Waals surface area (Å²) < 4.78 is 11.3. The molecule has 5 heteroatoms. The predicted molar refractivity (Wildman–Crippen MR) is 53.8 cm³/mol. The molecule has 13 heavy (non-hydrogen) atoms. The van der Waals surface area contributed by atoms with Crippen molar-refractivity contribution in [1.82, 2.24) is 0 Å². The van der Waals surface area contributed by atoms with Crippen molar-refractivity contribution in [3.05, 3.63) is 28.2 Å². The quantitative estimate of drug-likeness (QED) is 0.756. The van der Waals surface area contributed by atoms with Gasteiger partial charge in [-0.25, -0.2) is 0 Å². The second-order valence-corrected chi connectivity index (χ2v) is 4.56. The molecule has 0 aliphatic heterocycles. The van der Waals surface area contributed by atoms with E-state index < -0.39 is 10.8 Å². The molecule has 1 rings (SSSR count). The molecule has 0 heterocycles. The molecule has 0 aromatic heterocycles. The van der Waals surface area contributed by atoms with Crippen molar-refractivity contribution in [3.63, 3.8) is 0 Å². The lowest BCUT2D eigenvalue weighted by atomic mass is 10.4. The standard InChI is InChI=1S/C8H6Cl2O2S/c9-7-2-1-6(5-8(7)10)13(12)4-3-11/h1-3,5H,4H2. The zero-order valence-electron chi connectivity index (χ0n) is 6.50. The first-order valence-corrected chi connectivity index (χ1v) is 5.49. The number of carbonyl (C=O) groups is 1. The zero-order chi connectivity index (χ0) is 9.84. The van der Waals surface area contributed by atoms with E-state index in [2.05, 4.69) is 0 Å². The number of benzene rings is 1. The summed E-state index contributed by atoms with van der Waals surface area (Å²) in [7, 11) is -1.31. The highest BCUT2D eigenvalue weighted by Crippen LogP contribution is 2.23. The molecule has 0 N–H and O–H groups in total. The highest BCUT2D eigenvalue weighted by atomic mass is 35.5. The van der Waals surface area contributed by atoms with Gasteiger partial charge >= 0.3 is 0 Å². The molecular weight excluding hydrogens is 231 g/mol. The zero-order valence-corrected chi connectivity index (χ0v) is 8.83. The monoisotopic (exact) mass is 236 g/mol. The normalized spacial score (nSPS) is 12.5. The third kappa shape index (κ3) is 2.79. The molecule has 1 aromatic carbocycles. The number of carbonyl (C=O) groups excluding carboxylic acids is 1.